The van der Waals surface area contributed by atoms with Crippen LogP contribution in [0.25, 0.3) is 0 Å². The number of aromatic nitrogens is 3. The van der Waals surface area contributed by atoms with E-state index in [9.17, 15) is 9.59 Å². The first kappa shape index (κ1) is 18.4. The second-order valence-electron chi connectivity index (χ2n) is 7.58. The van der Waals surface area contributed by atoms with E-state index in [1.807, 2.05) is 29.7 Å². The van der Waals surface area contributed by atoms with Crippen molar-refractivity contribution >= 4 is 11.8 Å². The molecule has 154 valence electrons. The summed E-state index contributed by atoms with van der Waals surface area (Å²) in [6.45, 7) is 4.91. The SMILES string of the molecule is COc1ccc(C23Cn4c(C)ccc4C(=O)N2CCN3C(=O)c2conc2C)cn1. The Kier molecular flexibility index (Phi) is 3.96. The highest BCUT2D eigenvalue weighted by Gasteiger charge is 2.56. The van der Waals surface area contributed by atoms with Crippen LogP contribution in [0.5, 0.6) is 5.88 Å². The number of carbonyl (C=O) groups is 2. The topological polar surface area (TPSA) is 93.7 Å². The molecule has 1 unspecified atom stereocenters. The average Bonchev–Trinajstić information content (AvgIpc) is 3.46. The standard InChI is InChI=1S/C21H21N5O4/c1-13-4-6-17-20(28)26-9-8-25(19(27)16-11-30-23-14(16)2)21(26,12-24(13)17)15-5-7-18(29-3)22-10-15/h4-7,10-11H,8-9,12H2,1-3H3. The number of ether oxygens (including phenoxy) is 1. The summed E-state index contributed by atoms with van der Waals surface area (Å²) in [5.74, 6) is 0.128. The molecule has 1 atom stereocenters. The van der Waals surface area contributed by atoms with Gasteiger partial charge in [-0.15, -0.1) is 0 Å². The highest BCUT2D eigenvalue weighted by atomic mass is 16.5. The van der Waals surface area contributed by atoms with E-state index in [1.165, 1.54) is 6.26 Å². The van der Waals surface area contributed by atoms with E-state index in [1.54, 1.807) is 36.1 Å². The van der Waals surface area contributed by atoms with Crippen molar-refractivity contribution in [2.45, 2.75) is 26.1 Å². The van der Waals surface area contributed by atoms with E-state index in [0.717, 1.165) is 11.3 Å². The molecule has 0 spiro atoms. The molecule has 0 aliphatic carbocycles. The molecule has 0 bridgehead atoms. The molecule has 2 amide bonds. The molecular weight excluding hydrogens is 386 g/mol. The van der Waals surface area contributed by atoms with Gasteiger partial charge in [-0.2, -0.15) is 0 Å². The van der Waals surface area contributed by atoms with Crippen molar-refractivity contribution in [1.82, 2.24) is 24.5 Å². The van der Waals surface area contributed by atoms with E-state index in [4.69, 9.17) is 9.26 Å². The number of rotatable bonds is 3. The molecule has 9 nitrogen and oxygen atoms in total. The number of nitrogens with zero attached hydrogens (tertiary/aromatic N) is 5. The van der Waals surface area contributed by atoms with Gasteiger partial charge in [0.05, 0.1) is 19.3 Å². The first-order valence-corrected chi connectivity index (χ1v) is 9.69. The Morgan fingerprint density at radius 3 is 2.70 bits per heavy atom. The largest absolute Gasteiger partial charge is 0.481 e. The zero-order valence-electron chi connectivity index (χ0n) is 17.0. The summed E-state index contributed by atoms with van der Waals surface area (Å²) in [7, 11) is 1.55. The summed E-state index contributed by atoms with van der Waals surface area (Å²) in [5, 5.41) is 3.85. The first-order chi connectivity index (χ1) is 14.5. The fourth-order valence-electron chi connectivity index (χ4n) is 4.53. The number of fused-ring (bicyclic) bond motifs is 2. The van der Waals surface area contributed by atoms with Crippen LogP contribution in [0.2, 0.25) is 0 Å². The van der Waals surface area contributed by atoms with Crippen LogP contribution < -0.4 is 4.74 Å². The van der Waals surface area contributed by atoms with Crippen LogP contribution in [0.3, 0.4) is 0 Å². The minimum Gasteiger partial charge on any atom is -0.481 e. The van der Waals surface area contributed by atoms with Crippen molar-refractivity contribution in [3.05, 3.63) is 64.9 Å². The zero-order valence-corrected chi connectivity index (χ0v) is 17.0. The van der Waals surface area contributed by atoms with E-state index in [0.29, 0.717) is 42.5 Å². The van der Waals surface area contributed by atoms with E-state index >= 15 is 0 Å². The molecule has 0 N–H and O–H groups in total. The third-order valence-corrected chi connectivity index (χ3v) is 6.12. The molecule has 3 aromatic heterocycles. The van der Waals surface area contributed by atoms with Gasteiger partial charge in [-0.3, -0.25) is 9.59 Å². The summed E-state index contributed by atoms with van der Waals surface area (Å²) in [6, 6.07) is 7.37. The Morgan fingerprint density at radius 1 is 1.20 bits per heavy atom. The molecule has 0 aromatic carbocycles. The highest BCUT2D eigenvalue weighted by Crippen LogP contribution is 2.44. The summed E-state index contributed by atoms with van der Waals surface area (Å²) < 4.78 is 12.2. The van der Waals surface area contributed by atoms with E-state index in [-0.39, 0.29) is 11.8 Å². The summed E-state index contributed by atoms with van der Waals surface area (Å²) in [6.07, 6.45) is 3.03. The van der Waals surface area contributed by atoms with Gasteiger partial charge in [-0.1, -0.05) is 5.16 Å². The Balaban J connectivity index is 1.70. The molecule has 2 aliphatic heterocycles. The van der Waals surface area contributed by atoms with Gasteiger partial charge in [0, 0.05) is 36.6 Å². The molecule has 5 rings (SSSR count). The second kappa shape index (κ2) is 6.45. The van der Waals surface area contributed by atoms with Gasteiger partial charge in [0.15, 0.2) is 5.66 Å². The van der Waals surface area contributed by atoms with Crippen molar-refractivity contribution in [2.24, 2.45) is 0 Å². The molecule has 9 heteroatoms. The number of hydrogen-bond donors (Lipinski definition) is 0. The van der Waals surface area contributed by atoms with Crippen LogP contribution in [0, 0.1) is 13.8 Å². The van der Waals surface area contributed by atoms with Crippen LogP contribution in [-0.2, 0) is 12.2 Å². The van der Waals surface area contributed by atoms with E-state index in [2.05, 4.69) is 10.1 Å². The van der Waals surface area contributed by atoms with Crippen molar-refractivity contribution in [3.63, 3.8) is 0 Å². The predicted octanol–water partition coefficient (Wildman–Crippen LogP) is 1.96. The molecular formula is C21H21N5O4. The van der Waals surface area contributed by atoms with Crippen molar-refractivity contribution in [3.8, 4) is 5.88 Å². The van der Waals surface area contributed by atoms with Gasteiger partial charge in [-0.25, -0.2) is 4.98 Å². The molecule has 1 fully saturated rings. The summed E-state index contributed by atoms with van der Waals surface area (Å²) in [4.78, 5) is 34.8. The number of carbonyl (C=O) groups excluding carboxylic acids is 2. The quantitative estimate of drug-likeness (QED) is 0.659. The molecule has 30 heavy (non-hydrogen) atoms. The molecule has 5 heterocycles. The third kappa shape index (κ3) is 2.35. The number of pyridine rings is 1. The van der Waals surface area contributed by atoms with Gasteiger partial charge < -0.3 is 23.6 Å². The van der Waals surface area contributed by atoms with E-state index < -0.39 is 5.66 Å². The van der Waals surface area contributed by atoms with Gasteiger partial charge in [-0.05, 0) is 32.0 Å². The van der Waals surface area contributed by atoms with Crippen molar-refractivity contribution < 1.29 is 18.8 Å². The number of methoxy groups -OCH3 is 1. The second-order valence-corrected chi connectivity index (χ2v) is 7.58. The number of hydrogen-bond acceptors (Lipinski definition) is 6. The lowest BCUT2D eigenvalue weighted by Gasteiger charge is -2.47. The Bertz CT molecular complexity index is 1150. The fraction of sp³-hybridized carbons (Fsp3) is 0.333. The van der Waals surface area contributed by atoms with Crippen LogP contribution in [0.1, 0.15) is 37.8 Å². The monoisotopic (exact) mass is 407 g/mol. The molecule has 2 aliphatic rings. The summed E-state index contributed by atoms with van der Waals surface area (Å²) in [5.41, 5.74) is 2.23. The maximum absolute atomic E-state index is 13.6. The maximum Gasteiger partial charge on any atom is 0.272 e. The Labute approximate surface area is 172 Å². The minimum atomic E-state index is -1.01. The smallest absolute Gasteiger partial charge is 0.272 e. The third-order valence-electron chi connectivity index (χ3n) is 6.12. The van der Waals surface area contributed by atoms with Crippen molar-refractivity contribution in [1.29, 1.82) is 0 Å². The van der Waals surface area contributed by atoms with Gasteiger partial charge in [0.1, 0.15) is 17.5 Å². The molecule has 3 aromatic rings. The fourth-order valence-corrected chi connectivity index (χ4v) is 4.53. The number of aryl methyl sites for hydroxylation is 2. The first-order valence-electron chi connectivity index (χ1n) is 9.69. The Morgan fingerprint density at radius 2 is 2.03 bits per heavy atom. The lowest BCUT2D eigenvalue weighted by atomic mass is 9.95. The van der Waals surface area contributed by atoms with Crippen LogP contribution in [0.4, 0.5) is 0 Å². The van der Waals surface area contributed by atoms with Gasteiger partial charge in [0.2, 0.25) is 5.88 Å². The lowest BCUT2D eigenvalue weighted by Crippen LogP contribution is -2.60. The maximum atomic E-state index is 13.6. The predicted molar refractivity (Wildman–Crippen MR) is 105 cm³/mol. The average molecular weight is 407 g/mol. The number of amides is 2. The normalized spacial score (nSPS) is 20.3. The van der Waals surface area contributed by atoms with Gasteiger partial charge >= 0.3 is 0 Å². The van der Waals surface area contributed by atoms with Crippen LogP contribution in [0.15, 0.2) is 41.2 Å². The lowest BCUT2D eigenvalue weighted by molar-refractivity contribution is -0.00654. The summed E-state index contributed by atoms with van der Waals surface area (Å²) >= 11 is 0. The minimum absolute atomic E-state index is 0.109. The van der Waals surface area contributed by atoms with Crippen LogP contribution in [-0.4, -0.2) is 56.5 Å². The Hall–Kier alpha value is -3.62. The van der Waals surface area contributed by atoms with Crippen molar-refractivity contribution in [2.75, 3.05) is 20.2 Å². The highest BCUT2D eigenvalue weighted by molar-refractivity contribution is 5.98. The van der Waals surface area contributed by atoms with Gasteiger partial charge in [0.25, 0.3) is 11.8 Å². The molecule has 0 radical (unpaired) electrons. The molecule has 0 saturated carbocycles. The molecule has 1 saturated heterocycles. The van der Waals surface area contributed by atoms with Crippen LogP contribution >= 0.6 is 0 Å². The zero-order chi connectivity index (χ0) is 21.0.